The molecule has 2 nitrogen and oxygen atoms in total. The first-order chi connectivity index (χ1) is 10.5. The van der Waals surface area contributed by atoms with Crippen LogP contribution in [0.15, 0.2) is 48.5 Å². The molecule has 0 aliphatic heterocycles. The first-order valence-electron chi connectivity index (χ1n) is 7.03. The van der Waals surface area contributed by atoms with Crippen molar-refractivity contribution in [1.82, 2.24) is 0 Å². The van der Waals surface area contributed by atoms with Gasteiger partial charge in [0, 0.05) is 18.3 Å². The summed E-state index contributed by atoms with van der Waals surface area (Å²) >= 11 is 0. The van der Waals surface area contributed by atoms with Crippen LogP contribution in [0.5, 0.6) is 5.75 Å². The number of benzene rings is 2. The van der Waals surface area contributed by atoms with Crippen molar-refractivity contribution < 1.29 is 17.9 Å². The highest BCUT2D eigenvalue weighted by atomic mass is 19.4. The molecule has 0 atom stereocenters. The summed E-state index contributed by atoms with van der Waals surface area (Å²) < 4.78 is 42.5. The number of methoxy groups -OCH3 is 1. The van der Waals surface area contributed by atoms with Gasteiger partial charge < -0.3 is 10.1 Å². The Morgan fingerprint density at radius 1 is 1.05 bits per heavy atom. The Labute approximate surface area is 127 Å². The van der Waals surface area contributed by atoms with Gasteiger partial charge in [-0.05, 0) is 42.7 Å². The van der Waals surface area contributed by atoms with E-state index in [1.54, 1.807) is 7.11 Å². The number of nitrogens with one attached hydrogen (secondary N) is 1. The van der Waals surface area contributed by atoms with Gasteiger partial charge in [0.1, 0.15) is 5.75 Å². The lowest BCUT2D eigenvalue weighted by molar-refractivity contribution is -0.137. The molecule has 0 bridgehead atoms. The minimum Gasteiger partial charge on any atom is -0.497 e. The fraction of sp³-hybridized carbons (Fsp3) is 0.294. The number of rotatable bonds is 6. The van der Waals surface area contributed by atoms with Gasteiger partial charge in [-0.25, -0.2) is 0 Å². The number of alkyl halides is 3. The molecule has 0 radical (unpaired) electrons. The maximum absolute atomic E-state index is 12.5. The number of halogens is 3. The largest absolute Gasteiger partial charge is 0.497 e. The second-order valence-corrected chi connectivity index (χ2v) is 4.96. The fourth-order valence-electron chi connectivity index (χ4n) is 2.12. The predicted molar refractivity (Wildman–Crippen MR) is 81.2 cm³/mol. The number of hydrogen-bond acceptors (Lipinski definition) is 2. The van der Waals surface area contributed by atoms with Crippen LogP contribution in [0.3, 0.4) is 0 Å². The first kappa shape index (κ1) is 16.2. The van der Waals surface area contributed by atoms with Crippen molar-refractivity contribution in [2.45, 2.75) is 19.0 Å². The molecule has 0 aliphatic rings. The molecule has 118 valence electrons. The van der Waals surface area contributed by atoms with Crippen LogP contribution in [-0.2, 0) is 12.6 Å². The van der Waals surface area contributed by atoms with Gasteiger partial charge in [0.15, 0.2) is 0 Å². The Bertz CT molecular complexity index is 594. The Morgan fingerprint density at radius 3 is 2.41 bits per heavy atom. The van der Waals surface area contributed by atoms with E-state index in [9.17, 15) is 13.2 Å². The minimum atomic E-state index is -4.27. The fourth-order valence-corrected chi connectivity index (χ4v) is 2.12. The summed E-state index contributed by atoms with van der Waals surface area (Å²) in [5.74, 6) is 0.785. The average Bonchev–Trinajstić information content (AvgIpc) is 2.51. The molecule has 0 saturated carbocycles. The van der Waals surface area contributed by atoms with Gasteiger partial charge in [-0.2, -0.15) is 13.2 Å². The van der Waals surface area contributed by atoms with E-state index in [2.05, 4.69) is 5.32 Å². The summed E-state index contributed by atoms with van der Waals surface area (Å²) in [6.45, 7) is 0.744. The van der Waals surface area contributed by atoms with E-state index < -0.39 is 11.7 Å². The van der Waals surface area contributed by atoms with Crippen LogP contribution in [0.25, 0.3) is 0 Å². The monoisotopic (exact) mass is 309 g/mol. The smallest absolute Gasteiger partial charge is 0.416 e. The molecule has 0 heterocycles. The normalized spacial score (nSPS) is 11.3. The van der Waals surface area contributed by atoms with Crippen molar-refractivity contribution in [3.05, 3.63) is 59.7 Å². The zero-order valence-corrected chi connectivity index (χ0v) is 12.3. The molecule has 2 aromatic rings. The van der Waals surface area contributed by atoms with E-state index in [4.69, 9.17) is 4.74 Å². The molecule has 22 heavy (non-hydrogen) atoms. The van der Waals surface area contributed by atoms with Gasteiger partial charge >= 0.3 is 6.18 Å². The Morgan fingerprint density at radius 2 is 1.77 bits per heavy atom. The lowest BCUT2D eigenvalue weighted by Gasteiger charge is -2.09. The summed E-state index contributed by atoms with van der Waals surface area (Å²) in [6, 6.07) is 12.9. The van der Waals surface area contributed by atoms with E-state index in [1.165, 1.54) is 12.1 Å². The first-order valence-corrected chi connectivity index (χ1v) is 7.03. The van der Waals surface area contributed by atoms with Crippen molar-refractivity contribution in [2.75, 3.05) is 19.0 Å². The predicted octanol–water partition coefficient (Wildman–Crippen LogP) is 4.76. The Hall–Kier alpha value is -2.17. The van der Waals surface area contributed by atoms with E-state index in [0.29, 0.717) is 0 Å². The lowest BCUT2D eigenvalue weighted by atomic mass is 10.1. The summed E-state index contributed by atoms with van der Waals surface area (Å²) in [4.78, 5) is 0. The molecule has 0 fully saturated rings. The van der Waals surface area contributed by atoms with Crippen molar-refractivity contribution >= 4 is 5.69 Å². The summed E-state index contributed by atoms with van der Waals surface area (Å²) in [5, 5.41) is 3.27. The second kappa shape index (κ2) is 7.20. The van der Waals surface area contributed by atoms with E-state index in [-0.39, 0.29) is 0 Å². The third-order valence-electron chi connectivity index (χ3n) is 3.32. The van der Waals surface area contributed by atoms with Crippen molar-refractivity contribution in [3.8, 4) is 5.75 Å². The molecule has 0 aliphatic carbocycles. The zero-order chi connectivity index (χ0) is 16.0. The molecule has 0 spiro atoms. The molecule has 2 aromatic carbocycles. The molecule has 2 rings (SSSR count). The summed E-state index contributed by atoms with van der Waals surface area (Å²) in [5.41, 5.74) is 1.26. The third kappa shape index (κ3) is 4.69. The van der Waals surface area contributed by atoms with Gasteiger partial charge in [0.05, 0.1) is 12.7 Å². The highest BCUT2D eigenvalue weighted by molar-refractivity contribution is 5.48. The van der Waals surface area contributed by atoms with Crippen LogP contribution in [0, 0.1) is 0 Å². The number of aryl methyl sites for hydroxylation is 1. The Balaban J connectivity index is 1.79. The van der Waals surface area contributed by atoms with Crippen LogP contribution in [0.2, 0.25) is 0 Å². The van der Waals surface area contributed by atoms with Crippen molar-refractivity contribution in [1.29, 1.82) is 0 Å². The van der Waals surface area contributed by atoms with Gasteiger partial charge in [-0.3, -0.25) is 0 Å². The summed E-state index contributed by atoms with van der Waals surface area (Å²) in [7, 11) is 1.61. The molecule has 0 amide bonds. The number of ether oxygens (including phenoxy) is 1. The topological polar surface area (TPSA) is 21.3 Å². The van der Waals surface area contributed by atoms with Gasteiger partial charge in [0.2, 0.25) is 0 Å². The standard InChI is InChI=1S/C17H18F3NO/c1-22-16-6-2-5-15(12-16)21-11-3-4-13-7-9-14(10-8-13)17(18,19)20/h2,5-10,12,21H,3-4,11H2,1H3. The molecule has 5 heteroatoms. The summed E-state index contributed by atoms with van der Waals surface area (Å²) in [6.07, 6.45) is -2.70. The maximum Gasteiger partial charge on any atom is 0.416 e. The van der Waals surface area contributed by atoms with Gasteiger partial charge in [0.25, 0.3) is 0 Å². The van der Waals surface area contributed by atoms with Crippen LogP contribution in [-0.4, -0.2) is 13.7 Å². The highest BCUT2D eigenvalue weighted by Gasteiger charge is 2.29. The third-order valence-corrected chi connectivity index (χ3v) is 3.32. The lowest BCUT2D eigenvalue weighted by Crippen LogP contribution is -2.05. The quantitative estimate of drug-likeness (QED) is 0.777. The van der Waals surface area contributed by atoms with E-state index in [1.807, 2.05) is 24.3 Å². The number of anilines is 1. The number of hydrogen-bond donors (Lipinski definition) is 1. The minimum absolute atomic E-state index is 0.606. The second-order valence-electron chi connectivity index (χ2n) is 4.96. The van der Waals surface area contributed by atoms with Crippen LogP contribution >= 0.6 is 0 Å². The van der Waals surface area contributed by atoms with Crippen LogP contribution in [0.4, 0.5) is 18.9 Å². The Kier molecular flexibility index (Phi) is 5.31. The average molecular weight is 309 g/mol. The highest BCUT2D eigenvalue weighted by Crippen LogP contribution is 2.29. The molecular weight excluding hydrogens is 291 g/mol. The van der Waals surface area contributed by atoms with E-state index >= 15 is 0 Å². The van der Waals surface area contributed by atoms with Crippen LogP contribution in [0.1, 0.15) is 17.5 Å². The van der Waals surface area contributed by atoms with Crippen molar-refractivity contribution in [2.24, 2.45) is 0 Å². The maximum atomic E-state index is 12.5. The molecule has 1 N–H and O–H groups in total. The van der Waals surface area contributed by atoms with Gasteiger partial charge in [-0.1, -0.05) is 18.2 Å². The van der Waals surface area contributed by atoms with E-state index in [0.717, 1.165) is 48.5 Å². The van der Waals surface area contributed by atoms with Crippen LogP contribution < -0.4 is 10.1 Å². The van der Waals surface area contributed by atoms with Gasteiger partial charge in [-0.15, -0.1) is 0 Å². The molecule has 0 aromatic heterocycles. The molecule has 0 saturated heterocycles. The zero-order valence-electron chi connectivity index (χ0n) is 12.3. The molecule has 0 unspecified atom stereocenters. The van der Waals surface area contributed by atoms with Crippen molar-refractivity contribution in [3.63, 3.8) is 0 Å². The SMILES string of the molecule is COc1cccc(NCCCc2ccc(C(F)(F)F)cc2)c1. The molecular formula is C17H18F3NO.